The molecule has 0 aliphatic carbocycles. The molecule has 3 nitrogen and oxygen atoms in total. The highest BCUT2D eigenvalue weighted by molar-refractivity contribution is 5.87. The van der Waals surface area contributed by atoms with E-state index >= 15 is 0 Å². The van der Waals surface area contributed by atoms with Crippen molar-refractivity contribution in [1.82, 2.24) is 9.55 Å². The maximum absolute atomic E-state index is 13.2. The van der Waals surface area contributed by atoms with Gasteiger partial charge in [-0.15, -0.1) is 0 Å². The molecule has 0 saturated carbocycles. The van der Waals surface area contributed by atoms with E-state index in [0.29, 0.717) is 5.69 Å². The van der Waals surface area contributed by atoms with E-state index in [-0.39, 0.29) is 5.82 Å². The number of benzene rings is 1. The standard InChI is InChI=1S/C14H12FN3/c1-18-13(10-4-12(16)8-17-7-10)5-9-2-3-11(15)6-14(9)18/h2-8H,16H2,1H3. The molecular formula is C14H12FN3. The number of aromatic nitrogens is 2. The van der Waals surface area contributed by atoms with Crippen molar-refractivity contribution in [2.45, 2.75) is 0 Å². The summed E-state index contributed by atoms with van der Waals surface area (Å²) in [6.07, 6.45) is 3.35. The lowest BCUT2D eigenvalue weighted by Crippen LogP contribution is -1.93. The van der Waals surface area contributed by atoms with Crippen molar-refractivity contribution >= 4 is 16.6 Å². The van der Waals surface area contributed by atoms with Crippen LogP contribution in [0.2, 0.25) is 0 Å². The Kier molecular flexibility index (Phi) is 2.30. The minimum atomic E-state index is -0.235. The molecule has 0 atom stereocenters. The number of nitrogens with two attached hydrogens (primary N) is 1. The molecule has 0 saturated heterocycles. The molecule has 2 heterocycles. The highest BCUT2D eigenvalue weighted by Crippen LogP contribution is 2.27. The van der Waals surface area contributed by atoms with Crippen LogP contribution in [0.4, 0.5) is 10.1 Å². The molecule has 2 aromatic heterocycles. The van der Waals surface area contributed by atoms with Gasteiger partial charge < -0.3 is 10.3 Å². The van der Waals surface area contributed by atoms with Crippen LogP contribution in [0.5, 0.6) is 0 Å². The average molecular weight is 241 g/mol. The minimum absolute atomic E-state index is 0.235. The number of rotatable bonds is 1. The molecule has 90 valence electrons. The lowest BCUT2D eigenvalue weighted by Gasteiger charge is -2.04. The van der Waals surface area contributed by atoms with Gasteiger partial charge in [0.1, 0.15) is 5.82 Å². The van der Waals surface area contributed by atoms with Gasteiger partial charge >= 0.3 is 0 Å². The smallest absolute Gasteiger partial charge is 0.125 e. The molecular weight excluding hydrogens is 229 g/mol. The fourth-order valence-electron chi connectivity index (χ4n) is 2.18. The summed E-state index contributed by atoms with van der Waals surface area (Å²) in [6, 6.07) is 8.62. The van der Waals surface area contributed by atoms with Crippen LogP contribution in [0.15, 0.2) is 42.7 Å². The van der Waals surface area contributed by atoms with Crippen LogP contribution in [0, 0.1) is 5.82 Å². The molecule has 4 heteroatoms. The second kappa shape index (κ2) is 3.84. The quantitative estimate of drug-likeness (QED) is 0.711. The molecule has 2 N–H and O–H groups in total. The molecule has 3 rings (SSSR count). The minimum Gasteiger partial charge on any atom is -0.397 e. The van der Waals surface area contributed by atoms with Gasteiger partial charge in [0.2, 0.25) is 0 Å². The van der Waals surface area contributed by atoms with E-state index in [9.17, 15) is 4.39 Å². The SMILES string of the molecule is Cn1c(-c2cncc(N)c2)cc2ccc(F)cc21. The fourth-order valence-corrected chi connectivity index (χ4v) is 2.18. The Labute approximate surface area is 104 Å². The first kappa shape index (κ1) is 10.8. The summed E-state index contributed by atoms with van der Waals surface area (Å²) >= 11 is 0. The van der Waals surface area contributed by atoms with Crippen LogP contribution in [0.3, 0.4) is 0 Å². The number of pyridine rings is 1. The molecule has 0 unspecified atom stereocenters. The first-order valence-electron chi connectivity index (χ1n) is 5.61. The first-order valence-corrected chi connectivity index (χ1v) is 5.61. The van der Waals surface area contributed by atoms with Crippen molar-refractivity contribution in [3.05, 3.63) is 48.5 Å². The maximum atomic E-state index is 13.2. The third-order valence-electron chi connectivity index (χ3n) is 3.06. The van der Waals surface area contributed by atoms with Crippen molar-refractivity contribution < 1.29 is 4.39 Å². The Morgan fingerprint density at radius 1 is 1.17 bits per heavy atom. The van der Waals surface area contributed by atoms with Gasteiger partial charge in [-0.1, -0.05) is 0 Å². The van der Waals surface area contributed by atoms with E-state index in [0.717, 1.165) is 22.2 Å². The molecule has 3 aromatic rings. The normalized spacial score (nSPS) is 11.0. The second-order valence-electron chi connectivity index (χ2n) is 4.30. The number of hydrogen-bond donors (Lipinski definition) is 1. The zero-order chi connectivity index (χ0) is 12.7. The Bertz CT molecular complexity index is 731. The van der Waals surface area contributed by atoms with Crippen molar-refractivity contribution in [2.75, 3.05) is 5.73 Å². The molecule has 18 heavy (non-hydrogen) atoms. The molecule has 0 bridgehead atoms. The van der Waals surface area contributed by atoms with Crippen molar-refractivity contribution in [3.8, 4) is 11.3 Å². The molecule has 0 aliphatic rings. The van der Waals surface area contributed by atoms with Gasteiger partial charge in [-0.3, -0.25) is 4.98 Å². The predicted molar refractivity (Wildman–Crippen MR) is 70.5 cm³/mol. The summed E-state index contributed by atoms with van der Waals surface area (Å²) in [7, 11) is 1.90. The van der Waals surface area contributed by atoms with Gasteiger partial charge in [0.25, 0.3) is 0 Å². The number of nitrogens with zero attached hydrogens (tertiary/aromatic N) is 2. The van der Waals surface area contributed by atoms with Gasteiger partial charge in [-0.05, 0) is 30.3 Å². The summed E-state index contributed by atoms with van der Waals surface area (Å²) < 4.78 is 15.2. The van der Waals surface area contributed by atoms with E-state index in [1.807, 2.05) is 23.7 Å². The van der Waals surface area contributed by atoms with E-state index in [4.69, 9.17) is 5.73 Å². The lowest BCUT2D eigenvalue weighted by atomic mass is 10.2. The van der Waals surface area contributed by atoms with Crippen LogP contribution in [-0.2, 0) is 7.05 Å². The van der Waals surface area contributed by atoms with Crippen molar-refractivity contribution in [3.63, 3.8) is 0 Å². The highest BCUT2D eigenvalue weighted by Gasteiger charge is 2.09. The van der Waals surface area contributed by atoms with Gasteiger partial charge in [0.05, 0.1) is 16.9 Å². The third kappa shape index (κ3) is 1.62. The molecule has 1 aromatic carbocycles. The average Bonchev–Trinajstić information content (AvgIpc) is 2.67. The van der Waals surface area contributed by atoms with Crippen LogP contribution in [-0.4, -0.2) is 9.55 Å². The second-order valence-corrected chi connectivity index (χ2v) is 4.30. The number of anilines is 1. The van der Waals surface area contributed by atoms with Crippen molar-refractivity contribution in [1.29, 1.82) is 0 Å². The summed E-state index contributed by atoms with van der Waals surface area (Å²) in [5.74, 6) is -0.235. The maximum Gasteiger partial charge on any atom is 0.125 e. The first-order chi connectivity index (χ1) is 8.65. The number of hydrogen-bond acceptors (Lipinski definition) is 2. The molecule has 0 radical (unpaired) electrons. The predicted octanol–water partition coefficient (Wildman–Crippen LogP) is 2.96. The Morgan fingerprint density at radius 3 is 2.78 bits per heavy atom. The summed E-state index contributed by atoms with van der Waals surface area (Å²) in [4.78, 5) is 4.08. The molecule has 0 spiro atoms. The van der Waals surface area contributed by atoms with E-state index in [1.54, 1.807) is 18.5 Å². The van der Waals surface area contributed by atoms with Gasteiger partial charge in [0, 0.05) is 30.4 Å². The Balaban J connectivity index is 2.27. The van der Waals surface area contributed by atoms with Crippen LogP contribution >= 0.6 is 0 Å². The highest BCUT2D eigenvalue weighted by atomic mass is 19.1. The Hall–Kier alpha value is -2.36. The van der Waals surface area contributed by atoms with Gasteiger partial charge in [-0.25, -0.2) is 4.39 Å². The van der Waals surface area contributed by atoms with E-state index in [1.165, 1.54) is 12.1 Å². The van der Waals surface area contributed by atoms with Crippen LogP contribution in [0.25, 0.3) is 22.2 Å². The van der Waals surface area contributed by atoms with Crippen molar-refractivity contribution in [2.24, 2.45) is 7.05 Å². The number of halogens is 1. The van der Waals surface area contributed by atoms with E-state index < -0.39 is 0 Å². The van der Waals surface area contributed by atoms with Crippen LogP contribution in [0.1, 0.15) is 0 Å². The zero-order valence-electron chi connectivity index (χ0n) is 9.89. The third-order valence-corrected chi connectivity index (χ3v) is 3.06. The van der Waals surface area contributed by atoms with Crippen LogP contribution < -0.4 is 5.73 Å². The largest absolute Gasteiger partial charge is 0.397 e. The van der Waals surface area contributed by atoms with Gasteiger partial charge in [-0.2, -0.15) is 0 Å². The molecule has 0 aliphatic heterocycles. The Morgan fingerprint density at radius 2 is 2.00 bits per heavy atom. The number of nitrogen functional groups attached to an aromatic ring is 1. The van der Waals surface area contributed by atoms with E-state index in [2.05, 4.69) is 4.98 Å². The monoisotopic (exact) mass is 241 g/mol. The number of aryl methyl sites for hydroxylation is 1. The topological polar surface area (TPSA) is 43.8 Å². The fraction of sp³-hybridized carbons (Fsp3) is 0.0714. The summed E-state index contributed by atoms with van der Waals surface area (Å²) in [5.41, 5.74) is 9.09. The summed E-state index contributed by atoms with van der Waals surface area (Å²) in [5, 5.41) is 0.997. The van der Waals surface area contributed by atoms with Gasteiger partial charge in [0.15, 0.2) is 0 Å². The number of fused-ring (bicyclic) bond motifs is 1. The lowest BCUT2D eigenvalue weighted by molar-refractivity contribution is 0.629. The molecule has 0 amide bonds. The zero-order valence-corrected chi connectivity index (χ0v) is 9.89. The molecule has 0 fully saturated rings. The summed E-state index contributed by atoms with van der Waals surface area (Å²) in [6.45, 7) is 0.